The van der Waals surface area contributed by atoms with Gasteiger partial charge in [0.15, 0.2) is 0 Å². The number of fused-ring (bicyclic) bond motifs is 5. The minimum absolute atomic E-state index is 0.117. The highest BCUT2D eigenvalue weighted by molar-refractivity contribution is 5.90. The number of rotatable bonds is 4. The molecule has 7 atom stereocenters. The fraction of sp³-hybridized carbons (Fsp3) is 0.833. The molecule has 4 unspecified atom stereocenters. The standard InChI is InChI=1S/C24H38N2O2/c1-23-11-9-16(6-4-3-5-13-25)14-20(23)21(26-28)15-17-18-7-8-22(27)24(18,2)12-10-19(17)23/h4,6,16-20,28H,3,5,7-15,25H2,1-2H3/t16?,17?,18?,19?,20-,23-,24+/m1/s1. The zero-order chi connectivity index (χ0) is 19.9. The zero-order valence-corrected chi connectivity index (χ0v) is 17.7. The molecule has 0 amide bonds. The van der Waals surface area contributed by atoms with Gasteiger partial charge in [0.1, 0.15) is 5.78 Å². The largest absolute Gasteiger partial charge is 0.411 e. The molecule has 0 aromatic rings. The van der Waals surface area contributed by atoms with Crippen molar-refractivity contribution in [2.75, 3.05) is 6.54 Å². The van der Waals surface area contributed by atoms with Crippen LogP contribution in [0.4, 0.5) is 0 Å². The minimum Gasteiger partial charge on any atom is -0.411 e. The molecule has 0 spiro atoms. The van der Waals surface area contributed by atoms with E-state index in [9.17, 15) is 10.0 Å². The first-order valence-corrected chi connectivity index (χ1v) is 11.5. The van der Waals surface area contributed by atoms with E-state index in [1.165, 1.54) is 19.3 Å². The molecule has 0 radical (unpaired) electrons. The molecule has 0 aromatic heterocycles. The van der Waals surface area contributed by atoms with E-state index in [0.29, 0.717) is 35.4 Å². The van der Waals surface area contributed by atoms with Crippen molar-refractivity contribution in [2.24, 2.45) is 51.3 Å². The van der Waals surface area contributed by atoms with Crippen molar-refractivity contribution in [1.29, 1.82) is 0 Å². The van der Waals surface area contributed by atoms with Gasteiger partial charge in [-0.1, -0.05) is 31.2 Å². The molecule has 28 heavy (non-hydrogen) atoms. The number of oxime groups is 1. The Bertz CT molecular complexity index is 672. The summed E-state index contributed by atoms with van der Waals surface area (Å²) in [6.45, 7) is 5.44. The van der Waals surface area contributed by atoms with Crippen LogP contribution in [0.15, 0.2) is 17.3 Å². The lowest BCUT2D eigenvalue weighted by Crippen LogP contribution is -2.56. The number of hydrogen-bond donors (Lipinski definition) is 2. The van der Waals surface area contributed by atoms with Gasteiger partial charge < -0.3 is 10.9 Å². The molecule has 4 aliphatic rings. The van der Waals surface area contributed by atoms with Gasteiger partial charge in [0, 0.05) is 17.8 Å². The first kappa shape index (κ1) is 20.1. The number of carbonyl (C=O) groups excluding carboxylic acids is 1. The summed E-state index contributed by atoms with van der Waals surface area (Å²) < 4.78 is 0. The highest BCUT2D eigenvalue weighted by atomic mass is 16.4. The van der Waals surface area contributed by atoms with Gasteiger partial charge in [-0.05, 0) is 93.4 Å². The van der Waals surface area contributed by atoms with Gasteiger partial charge in [0.05, 0.1) is 5.71 Å². The molecular formula is C24H38N2O2. The number of nitrogens with zero attached hydrogens (tertiary/aromatic N) is 1. The highest BCUT2D eigenvalue weighted by Gasteiger charge is 2.61. The second-order valence-corrected chi connectivity index (χ2v) is 10.5. The number of nitrogens with two attached hydrogens (primary N) is 1. The first-order chi connectivity index (χ1) is 13.4. The van der Waals surface area contributed by atoms with Gasteiger partial charge >= 0.3 is 0 Å². The lowest BCUT2D eigenvalue weighted by Gasteiger charge is -2.60. The van der Waals surface area contributed by atoms with E-state index in [4.69, 9.17) is 5.73 Å². The summed E-state index contributed by atoms with van der Waals surface area (Å²) in [5.74, 6) is 3.14. The molecule has 4 heteroatoms. The third-order valence-electron chi connectivity index (χ3n) is 9.34. The van der Waals surface area contributed by atoms with Crippen LogP contribution in [0.1, 0.15) is 78.1 Å². The third-order valence-corrected chi connectivity index (χ3v) is 9.34. The SMILES string of the molecule is C[C@]12CCC3C(CC(=NO)[C@H]4CC(C=CCCCN)CC[C@]34C)C1CCC2=O. The first-order valence-electron chi connectivity index (χ1n) is 11.5. The Kier molecular flexibility index (Phi) is 5.45. The van der Waals surface area contributed by atoms with Gasteiger partial charge in [-0.25, -0.2) is 0 Å². The van der Waals surface area contributed by atoms with Crippen LogP contribution in [0.2, 0.25) is 0 Å². The molecule has 156 valence electrons. The van der Waals surface area contributed by atoms with Crippen molar-refractivity contribution in [3.63, 3.8) is 0 Å². The lowest BCUT2D eigenvalue weighted by molar-refractivity contribution is -0.134. The Balaban J connectivity index is 1.56. The lowest BCUT2D eigenvalue weighted by atomic mass is 9.44. The van der Waals surface area contributed by atoms with Crippen LogP contribution in [0.3, 0.4) is 0 Å². The number of ketones is 1. The third kappa shape index (κ3) is 3.07. The second-order valence-electron chi connectivity index (χ2n) is 10.5. The number of carbonyl (C=O) groups is 1. The van der Waals surface area contributed by atoms with Gasteiger partial charge in [-0.15, -0.1) is 0 Å². The molecule has 4 fully saturated rings. The molecular weight excluding hydrogens is 348 g/mol. The summed E-state index contributed by atoms with van der Waals surface area (Å²) in [5, 5.41) is 13.8. The Morgan fingerprint density at radius 3 is 2.79 bits per heavy atom. The number of allylic oxidation sites excluding steroid dienone is 2. The molecule has 4 aliphatic carbocycles. The van der Waals surface area contributed by atoms with Crippen molar-refractivity contribution in [3.05, 3.63) is 12.2 Å². The smallest absolute Gasteiger partial charge is 0.139 e. The van der Waals surface area contributed by atoms with Crippen LogP contribution in [0.5, 0.6) is 0 Å². The molecule has 0 aromatic carbocycles. The van der Waals surface area contributed by atoms with Crippen LogP contribution < -0.4 is 5.73 Å². The molecule has 0 saturated heterocycles. The average Bonchev–Trinajstić information content (AvgIpc) is 3.00. The van der Waals surface area contributed by atoms with Crippen molar-refractivity contribution in [3.8, 4) is 0 Å². The van der Waals surface area contributed by atoms with Crippen molar-refractivity contribution in [2.45, 2.75) is 78.1 Å². The highest BCUT2D eigenvalue weighted by Crippen LogP contribution is 2.65. The van der Waals surface area contributed by atoms with Crippen LogP contribution in [0.25, 0.3) is 0 Å². The summed E-state index contributed by atoms with van der Waals surface area (Å²) in [6, 6.07) is 0. The summed E-state index contributed by atoms with van der Waals surface area (Å²) in [4.78, 5) is 12.6. The normalized spacial score (nSPS) is 47.2. The maximum Gasteiger partial charge on any atom is 0.139 e. The second kappa shape index (κ2) is 7.59. The fourth-order valence-corrected chi connectivity index (χ4v) is 7.68. The Morgan fingerprint density at radius 2 is 2.04 bits per heavy atom. The predicted octanol–water partition coefficient (Wildman–Crippen LogP) is 4.95. The fourth-order valence-electron chi connectivity index (χ4n) is 7.68. The summed E-state index contributed by atoms with van der Waals surface area (Å²) >= 11 is 0. The average molecular weight is 387 g/mol. The molecule has 0 heterocycles. The number of unbranched alkanes of at least 4 members (excludes halogenated alkanes) is 1. The predicted molar refractivity (Wildman–Crippen MR) is 112 cm³/mol. The summed E-state index contributed by atoms with van der Waals surface area (Å²) in [7, 11) is 0. The van der Waals surface area contributed by atoms with Crippen LogP contribution >= 0.6 is 0 Å². The van der Waals surface area contributed by atoms with E-state index in [1.807, 2.05) is 0 Å². The van der Waals surface area contributed by atoms with Gasteiger partial charge in [0.2, 0.25) is 0 Å². The van der Waals surface area contributed by atoms with Crippen molar-refractivity contribution < 1.29 is 10.0 Å². The Morgan fingerprint density at radius 1 is 1.21 bits per heavy atom. The van der Waals surface area contributed by atoms with E-state index in [2.05, 4.69) is 31.2 Å². The van der Waals surface area contributed by atoms with E-state index in [0.717, 1.165) is 57.2 Å². The molecule has 3 N–H and O–H groups in total. The maximum absolute atomic E-state index is 12.6. The van der Waals surface area contributed by atoms with Crippen LogP contribution in [-0.4, -0.2) is 23.2 Å². The maximum atomic E-state index is 12.6. The molecule has 4 nitrogen and oxygen atoms in total. The topological polar surface area (TPSA) is 75.7 Å². The molecule has 0 bridgehead atoms. The monoisotopic (exact) mass is 386 g/mol. The van der Waals surface area contributed by atoms with Crippen LogP contribution in [-0.2, 0) is 4.79 Å². The van der Waals surface area contributed by atoms with E-state index >= 15 is 0 Å². The van der Waals surface area contributed by atoms with Gasteiger partial charge in [-0.2, -0.15) is 0 Å². The quantitative estimate of drug-likeness (QED) is 0.311. The van der Waals surface area contributed by atoms with E-state index < -0.39 is 0 Å². The van der Waals surface area contributed by atoms with Gasteiger partial charge in [0.25, 0.3) is 0 Å². The zero-order valence-electron chi connectivity index (χ0n) is 17.7. The van der Waals surface area contributed by atoms with Crippen molar-refractivity contribution in [1.82, 2.24) is 0 Å². The molecule has 0 aliphatic heterocycles. The Labute approximate surface area is 170 Å². The molecule has 4 rings (SSSR count). The van der Waals surface area contributed by atoms with Crippen molar-refractivity contribution >= 4 is 11.5 Å². The minimum atomic E-state index is -0.117. The van der Waals surface area contributed by atoms with E-state index in [1.54, 1.807) is 0 Å². The van der Waals surface area contributed by atoms with Crippen LogP contribution in [0, 0.1) is 40.4 Å². The summed E-state index contributed by atoms with van der Waals surface area (Å²) in [6.07, 6.45) is 15.3. The van der Waals surface area contributed by atoms with Gasteiger partial charge in [-0.3, -0.25) is 4.79 Å². The molecule has 4 saturated carbocycles. The Hall–Kier alpha value is -1.16. The number of Topliss-reactive ketones (excluding diaryl/α,β-unsaturated/α-hetero) is 1. The summed E-state index contributed by atoms with van der Waals surface area (Å²) in [5.41, 5.74) is 6.73. The number of hydrogen-bond acceptors (Lipinski definition) is 4. The van der Waals surface area contributed by atoms with E-state index in [-0.39, 0.29) is 10.8 Å².